The Bertz CT molecular complexity index is 725. The Hall–Kier alpha value is -2.34. The van der Waals surface area contributed by atoms with E-state index in [4.69, 9.17) is 0 Å². The summed E-state index contributed by atoms with van der Waals surface area (Å²) in [5.74, 6) is 0.771. The van der Waals surface area contributed by atoms with E-state index >= 15 is 0 Å². The van der Waals surface area contributed by atoms with Crippen LogP contribution in [-0.4, -0.2) is 30.2 Å². The lowest BCUT2D eigenvalue weighted by molar-refractivity contribution is -0.121. The normalized spacial score (nSPS) is 11.6. The fourth-order valence-electron chi connectivity index (χ4n) is 2.36. The molecule has 0 heterocycles. The number of carbonyl (C=O) groups is 2. The SMILES string of the molecule is CC(CC(=O)NCCSCc1ccccc1F)NC(=O)c1ccccc1. The number of amides is 2. The second-order valence-corrected chi connectivity index (χ2v) is 7.04. The smallest absolute Gasteiger partial charge is 0.251 e. The molecule has 0 bridgehead atoms. The molecule has 6 heteroatoms. The molecule has 4 nitrogen and oxygen atoms in total. The molecule has 0 aliphatic carbocycles. The number of carbonyl (C=O) groups excluding carboxylic acids is 2. The van der Waals surface area contributed by atoms with Gasteiger partial charge in [-0.15, -0.1) is 0 Å². The number of hydrogen-bond acceptors (Lipinski definition) is 3. The van der Waals surface area contributed by atoms with Gasteiger partial charge in [-0.1, -0.05) is 36.4 Å². The summed E-state index contributed by atoms with van der Waals surface area (Å²) in [6.45, 7) is 2.31. The maximum absolute atomic E-state index is 13.5. The van der Waals surface area contributed by atoms with Gasteiger partial charge in [0.25, 0.3) is 5.91 Å². The van der Waals surface area contributed by atoms with Gasteiger partial charge in [0.05, 0.1) is 0 Å². The van der Waals surface area contributed by atoms with Crippen LogP contribution in [0.15, 0.2) is 54.6 Å². The molecule has 0 saturated heterocycles. The van der Waals surface area contributed by atoms with Crippen LogP contribution in [0.3, 0.4) is 0 Å². The van der Waals surface area contributed by atoms with Gasteiger partial charge in [0, 0.05) is 36.1 Å². The van der Waals surface area contributed by atoms with E-state index in [1.807, 2.05) is 12.1 Å². The first kappa shape index (κ1) is 20.0. The van der Waals surface area contributed by atoms with Gasteiger partial charge < -0.3 is 10.6 Å². The van der Waals surface area contributed by atoms with Crippen molar-refractivity contribution in [3.05, 3.63) is 71.5 Å². The molecule has 2 rings (SSSR count). The van der Waals surface area contributed by atoms with Crippen LogP contribution in [0, 0.1) is 5.82 Å². The highest BCUT2D eigenvalue weighted by atomic mass is 32.2. The van der Waals surface area contributed by atoms with Crippen LogP contribution in [-0.2, 0) is 10.5 Å². The minimum absolute atomic E-state index is 0.114. The van der Waals surface area contributed by atoms with Crippen molar-refractivity contribution in [3.8, 4) is 0 Å². The van der Waals surface area contributed by atoms with Gasteiger partial charge in [-0.25, -0.2) is 4.39 Å². The van der Waals surface area contributed by atoms with Crippen LogP contribution in [0.5, 0.6) is 0 Å². The third-order valence-corrected chi connectivity index (χ3v) is 4.70. The molecule has 26 heavy (non-hydrogen) atoms. The predicted octanol–water partition coefficient (Wildman–Crippen LogP) is 3.38. The highest BCUT2D eigenvalue weighted by Gasteiger charge is 2.12. The fourth-order valence-corrected chi connectivity index (χ4v) is 3.20. The van der Waals surface area contributed by atoms with Crippen molar-refractivity contribution >= 4 is 23.6 Å². The van der Waals surface area contributed by atoms with Crippen LogP contribution in [0.1, 0.15) is 29.3 Å². The highest BCUT2D eigenvalue weighted by molar-refractivity contribution is 7.98. The summed E-state index contributed by atoms with van der Waals surface area (Å²) in [6.07, 6.45) is 0.219. The van der Waals surface area contributed by atoms with Gasteiger partial charge in [0.2, 0.25) is 5.91 Å². The maximum Gasteiger partial charge on any atom is 0.251 e. The number of thioether (sulfide) groups is 1. The molecule has 138 valence electrons. The Labute approximate surface area is 157 Å². The van der Waals surface area contributed by atoms with Crippen molar-refractivity contribution in [3.63, 3.8) is 0 Å². The third kappa shape index (κ3) is 6.88. The number of hydrogen-bond donors (Lipinski definition) is 2. The highest BCUT2D eigenvalue weighted by Crippen LogP contribution is 2.14. The van der Waals surface area contributed by atoms with Gasteiger partial charge in [0.15, 0.2) is 0 Å². The molecule has 2 aromatic rings. The molecular formula is C20H23FN2O2S. The van der Waals surface area contributed by atoms with Crippen LogP contribution in [0.4, 0.5) is 4.39 Å². The second kappa shape index (κ2) is 10.6. The minimum Gasteiger partial charge on any atom is -0.355 e. The van der Waals surface area contributed by atoms with E-state index in [0.717, 1.165) is 0 Å². The molecule has 1 atom stereocenters. The first-order valence-electron chi connectivity index (χ1n) is 8.50. The Balaban J connectivity index is 1.61. The number of halogens is 1. The van der Waals surface area contributed by atoms with Crippen LogP contribution < -0.4 is 10.6 Å². The summed E-state index contributed by atoms with van der Waals surface area (Å²) in [4.78, 5) is 23.9. The molecule has 2 aromatic carbocycles. The van der Waals surface area contributed by atoms with Gasteiger partial charge in [-0.2, -0.15) is 11.8 Å². The zero-order chi connectivity index (χ0) is 18.8. The Morgan fingerprint density at radius 3 is 2.50 bits per heavy atom. The molecule has 2 N–H and O–H groups in total. The Kier molecular flexibility index (Phi) is 8.15. The summed E-state index contributed by atoms with van der Waals surface area (Å²) >= 11 is 1.56. The summed E-state index contributed by atoms with van der Waals surface area (Å²) in [7, 11) is 0. The summed E-state index contributed by atoms with van der Waals surface area (Å²) in [5, 5.41) is 5.63. The van der Waals surface area contributed by atoms with Crippen molar-refractivity contribution < 1.29 is 14.0 Å². The standard InChI is InChI=1S/C20H23FN2O2S/c1-15(23-20(25)16-7-3-2-4-8-16)13-19(24)22-11-12-26-14-17-9-5-6-10-18(17)21/h2-10,15H,11-14H2,1H3,(H,22,24)(H,23,25). The van der Waals surface area contributed by atoms with Crippen molar-refractivity contribution in [2.24, 2.45) is 0 Å². The third-order valence-electron chi connectivity index (χ3n) is 3.69. The average molecular weight is 374 g/mol. The predicted molar refractivity (Wildman–Crippen MR) is 104 cm³/mol. The van der Waals surface area contributed by atoms with E-state index < -0.39 is 0 Å². The molecule has 0 aliphatic rings. The molecule has 0 spiro atoms. The van der Waals surface area contributed by atoms with Crippen molar-refractivity contribution in [1.82, 2.24) is 10.6 Å². The van der Waals surface area contributed by atoms with Gasteiger partial charge in [-0.3, -0.25) is 9.59 Å². The van der Waals surface area contributed by atoms with Crippen LogP contribution in [0.25, 0.3) is 0 Å². The molecule has 2 amide bonds. The van der Waals surface area contributed by atoms with Crippen molar-refractivity contribution in [2.45, 2.75) is 25.1 Å². The van der Waals surface area contributed by atoms with E-state index in [-0.39, 0.29) is 30.1 Å². The van der Waals surface area contributed by atoms with E-state index in [0.29, 0.717) is 29.2 Å². The maximum atomic E-state index is 13.5. The molecule has 0 radical (unpaired) electrons. The van der Waals surface area contributed by atoms with Gasteiger partial charge >= 0.3 is 0 Å². The lowest BCUT2D eigenvalue weighted by Crippen LogP contribution is -2.37. The first-order valence-corrected chi connectivity index (χ1v) is 9.65. The molecular weight excluding hydrogens is 351 g/mol. The molecule has 0 saturated carbocycles. The summed E-state index contributed by atoms with van der Waals surface area (Å²) in [6, 6.07) is 15.3. The Morgan fingerprint density at radius 2 is 1.77 bits per heavy atom. The van der Waals surface area contributed by atoms with E-state index in [2.05, 4.69) is 10.6 Å². The summed E-state index contributed by atoms with van der Waals surface area (Å²) in [5.41, 5.74) is 1.24. The zero-order valence-corrected chi connectivity index (χ0v) is 15.5. The largest absolute Gasteiger partial charge is 0.355 e. The van der Waals surface area contributed by atoms with Crippen LogP contribution >= 0.6 is 11.8 Å². The summed E-state index contributed by atoms with van der Waals surface area (Å²) < 4.78 is 13.5. The van der Waals surface area contributed by atoms with E-state index in [9.17, 15) is 14.0 Å². The lowest BCUT2D eigenvalue weighted by Gasteiger charge is -2.14. The molecule has 0 aromatic heterocycles. The van der Waals surface area contributed by atoms with Crippen molar-refractivity contribution in [1.29, 1.82) is 0 Å². The first-order chi connectivity index (χ1) is 12.6. The number of nitrogens with one attached hydrogen (secondary N) is 2. The van der Waals surface area contributed by atoms with Gasteiger partial charge in [0.1, 0.15) is 5.82 Å². The monoisotopic (exact) mass is 374 g/mol. The topological polar surface area (TPSA) is 58.2 Å². The molecule has 0 fully saturated rings. The molecule has 0 aliphatic heterocycles. The minimum atomic E-state index is -0.256. The average Bonchev–Trinajstić information content (AvgIpc) is 2.63. The second-order valence-electron chi connectivity index (χ2n) is 5.94. The Morgan fingerprint density at radius 1 is 1.08 bits per heavy atom. The zero-order valence-electron chi connectivity index (χ0n) is 14.7. The number of rotatable bonds is 9. The quantitative estimate of drug-likeness (QED) is 0.662. The lowest BCUT2D eigenvalue weighted by atomic mass is 10.1. The van der Waals surface area contributed by atoms with E-state index in [1.165, 1.54) is 6.07 Å². The molecule has 1 unspecified atom stereocenters. The number of benzene rings is 2. The van der Waals surface area contributed by atoms with Crippen molar-refractivity contribution in [2.75, 3.05) is 12.3 Å². The van der Waals surface area contributed by atoms with Gasteiger partial charge in [-0.05, 0) is 30.7 Å². The van der Waals surface area contributed by atoms with Crippen LogP contribution in [0.2, 0.25) is 0 Å². The fraction of sp³-hybridized carbons (Fsp3) is 0.300. The van der Waals surface area contributed by atoms with E-state index in [1.54, 1.807) is 55.1 Å².